The van der Waals surface area contributed by atoms with Crippen LogP contribution in [0.15, 0.2) is 18.3 Å². The van der Waals surface area contributed by atoms with Gasteiger partial charge in [0.1, 0.15) is 5.82 Å². The van der Waals surface area contributed by atoms with Crippen molar-refractivity contribution in [1.29, 1.82) is 0 Å². The Morgan fingerprint density at radius 2 is 2.24 bits per heavy atom. The number of piperidine rings is 1. The van der Waals surface area contributed by atoms with E-state index in [1.54, 1.807) is 13.3 Å². The van der Waals surface area contributed by atoms with E-state index in [2.05, 4.69) is 9.88 Å². The predicted molar refractivity (Wildman–Crippen MR) is 67.0 cm³/mol. The van der Waals surface area contributed by atoms with E-state index in [9.17, 15) is 0 Å². The minimum Gasteiger partial charge on any atom is -0.392 e. The van der Waals surface area contributed by atoms with Crippen LogP contribution in [0.4, 0.5) is 5.82 Å². The van der Waals surface area contributed by atoms with E-state index in [1.807, 2.05) is 12.1 Å². The zero-order chi connectivity index (χ0) is 12.1. The van der Waals surface area contributed by atoms with Gasteiger partial charge in [-0.1, -0.05) is 0 Å². The third-order valence-electron chi connectivity index (χ3n) is 3.33. The molecule has 2 heterocycles. The van der Waals surface area contributed by atoms with Gasteiger partial charge in [-0.3, -0.25) is 0 Å². The number of aliphatic hydroxyl groups excluding tert-OH is 1. The highest BCUT2D eigenvalue weighted by atomic mass is 16.5. The van der Waals surface area contributed by atoms with Crippen molar-refractivity contribution in [1.82, 2.24) is 4.98 Å². The van der Waals surface area contributed by atoms with E-state index >= 15 is 0 Å². The summed E-state index contributed by atoms with van der Waals surface area (Å²) >= 11 is 0. The second-order valence-corrected chi connectivity index (χ2v) is 4.57. The zero-order valence-corrected chi connectivity index (χ0v) is 10.3. The summed E-state index contributed by atoms with van der Waals surface area (Å²) in [5.41, 5.74) is 0.925. The lowest BCUT2D eigenvalue weighted by atomic mass is 9.98. The molecule has 1 aromatic rings. The Balaban J connectivity index is 1.95. The number of aliphatic hydroxyl groups is 1. The highest BCUT2D eigenvalue weighted by molar-refractivity contribution is 5.41. The van der Waals surface area contributed by atoms with Gasteiger partial charge in [-0.15, -0.1) is 0 Å². The molecule has 17 heavy (non-hydrogen) atoms. The molecule has 0 bridgehead atoms. The number of aromatic nitrogens is 1. The quantitative estimate of drug-likeness (QED) is 0.859. The Labute approximate surface area is 102 Å². The van der Waals surface area contributed by atoms with Gasteiger partial charge in [-0.25, -0.2) is 4.98 Å². The Kier molecular flexibility index (Phi) is 4.34. The molecule has 1 saturated heterocycles. The lowest BCUT2D eigenvalue weighted by molar-refractivity contribution is 0.139. The summed E-state index contributed by atoms with van der Waals surface area (Å²) in [5, 5.41) is 9.11. The van der Waals surface area contributed by atoms with Crippen LogP contribution in [-0.2, 0) is 11.3 Å². The monoisotopic (exact) mass is 236 g/mol. The Morgan fingerprint density at radius 1 is 1.47 bits per heavy atom. The largest absolute Gasteiger partial charge is 0.392 e. The number of rotatable bonds is 4. The van der Waals surface area contributed by atoms with E-state index in [1.165, 1.54) is 0 Å². The van der Waals surface area contributed by atoms with E-state index in [0.717, 1.165) is 43.9 Å². The highest BCUT2D eigenvalue weighted by Gasteiger charge is 2.19. The second-order valence-electron chi connectivity index (χ2n) is 4.57. The number of nitrogens with zero attached hydrogens (tertiary/aromatic N) is 2. The van der Waals surface area contributed by atoms with Gasteiger partial charge >= 0.3 is 0 Å². The van der Waals surface area contributed by atoms with Crippen LogP contribution in [0, 0.1) is 5.92 Å². The Bertz CT molecular complexity index is 349. The maximum Gasteiger partial charge on any atom is 0.128 e. The fraction of sp³-hybridized carbons (Fsp3) is 0.615. The van der Waals surface area contributed by atoms with Crippen LogP contribution >= 0.6 is 0 Å². The average Bonchev–Trinajstić information content (AvgIpc) is 2.40. The summed E-state index contributed by atoms with van der Waals surface area (Å²) in [6.07, 6.45) is 4.07. The smallest absolute Gasteiger partial charge is 0.128 e. The maximum absolute atomic E-state index is 9.11. The van der Waals surface area contributed by atoms with E-state index < -0.39 is 0 Å². The molecule has 1 aromatic heterocycles. The van der Waals surface area contributed by atoms with Crippen LogP contribution in [0.2, 0.25) is 0 Å². The summed E-state index contributed by atoms with van der Waals surface area (Å²) in [5.74, 6) is 1.66. The van der Waals surface area contributed by atoms with Crippen LogP contribution in [0.25, 0.3) is 0 Å². The lowest BCUT2D eigenvalue weighted by Crippen LogP contribution is -2.35. The first-order valence-corrected chi connectivity index (χ1v) is 6.13. The molecule has 4 nitrogen and oxygen atoms in total. The molecular formula is C13H20N2O2. The first kappa shape index (κ1) is 12.3. The van der Waals surface area contributed by atoms with Crippen LogP contribution in [0.3, 0.4) is 0 Å². The highest BCUT2D eigenvalue weighted by Crippen LogP contribution is 2.22. The van der Waals surface area contributed by atoms with Gasteiger partial charge in [-0.2, -0.15) is 0 Å². The lowest BCUT2D eigenvalue weighted by Gasteiger charge is -2.32. The number of pyridine rings is 1. The SMILES string of the molecule is COCC1CCN(c2cc(CO)ccn2)CC1. The molecule has 0 aliphatic carbocycles. The van der Waals surface area contributed by atoms with Gasteiger partial charge in [0.05, 0.1) is 6.61 Å². The molecule has 0 spiro atoms. The van der Waals surface area contributed by atoms with E-state index in [4.69, 9.17) is 9.84 Å². The minimum absolute atomic E-state index is 0.0790. The van der Waals surface area contributed by atoms with Gasteiger partial charge in [0.15, 0.2) is 0 Å². The number of methoxy groups -OCH3 is 1. The fourth-order valence-electron chi connectivity index (χ4n) is 2.30. The number of ether oxygens (including phenoxy) is 1. The summed E-state index contributed by atoms with van der Waals surface area (Å²) < 4.78 is 5.19. The molecule has 0 radical (unpaired) electrons. The van der Waals surface area contributed by atoms with Crippen molar-refractivity contribution in [2.45, 2.75) is 19.4 Å². The zero-order valence-electron chi connectivity index (χ0n) is 10.3. The fourth-order valence-corrected chi connectivity index (χ4v) is 2.30. The van der Waals surface area contributed by atoms with Crippen molar-refractivity contribution >= 4 is 5.82 Å². The average molecular weight is 236 g/mol. The van der Waals surface area contributed by atoms with E-state index in [-0.39, 0.29) is 6.61 Å². The topological polar surface area (TPSA) is 45.6 Å². The molecule has 1 N–H and O–H groups in total. The summed E-state index contributed by atoms with van der Waals surface area (Å²) in [6.45, 7) is 2.99. The standard InChI is InChI=1S/C13H20N2O2/c1-17-10-11-3-6-15(7-4-11)13-8-12(9-16)2-5-14-13/h2,5,8,11,16H,3-4,6-7,9-10H2,1H3. The normalized spacial score (nSPS) is 17.4. The molecule has 1 aliphatic rings. The number of hydrogen-bond donors (Lipinski definition) is 1. The molecule has 4 heteroatoms. The van der Waals surface area contributed by atoms with Crippen LogP contribution in [0.5, 0.6) is 0 Å². The molecule has 0 aromatic carbocycles. The Morgan fingerprint density at radius 3 is 2.88 bits per heavy atom. The Hall–Kier alpha value is -1.13. The molecule has 2 rings (SSSR count). The number of anilines is 1. The van der Waals surface area contributed by atoms with Gasteiger partial charge in [0.25, 0.3) is 0 Å². The third-order valence-corrected chi connectivity index (χ3v) is 3.33. The van der Waals surface area contributed by atoms with Crippen molar-refractivity contribution in [2.24, 2.45) is 5.92 Å². The molecule has 94 valence electrons. The van der Waals surface area contributed by atoms with Gasteiger partial charge in [0.2, 0.25) is 0 Å². The molecule has 1 aliphatic heterocycles. The molecule has 0 saturated carbocycles. The molecule has 0 atom stereocenters. The number of hydrogen-bond acceptors (Lipinski definition) is 4. The van der Waals surface area contributed by atoms with Gasteiger partial charge in [-0.05, 0) is 36.5 Å². The van der Waals surface area contributed by atoms with Crippen LogP contribution in [-0.4, -0.2) is 36.9 Å². The molecule has 1 fully saturated rings. The van der Waals surface area contributed by atoms with Gasteiger partial charge < -0.3 is 14.7 Å². The van der Waals surface area contributed by atoms with Crippen LogP contribution < -0.4 is 4.90 Å². The predicted octanol–water partition coefficient (Wildman–Crippen LogP) is 1.44. The van der Waals surface area contributed by atoms with Crippen molar-refractivity contribution in [3.8, 4) is 0 Å². The summed E-state index contributed by atoms with van der Waals surface area (Å²) in [4.78, 5) is 6.65. The van der Waals surface area contributed by atoms with Crippen molar-refractivity contribution < 1.29 is 9.84 Å². The summed E-state index contributed by atoms with van der Waals surface area (Å²) in [7, 11) is 1.76. The van der Waals surface area contributed by atoms with Crippen LogP contribution in [0.1, 0.15) is 18.4 Å². The molecule has 0 amide bonds. The second kappa shape index (κ2) is 5.98. The van der Waals surface area contributed by atoms with E-state index in [0.29, 0.717) is 5.92 Å². The first-order valence-electron chi connectivity index (χ1n) is 6.13. The summed E-state index contributed by atoms with van der Waals surface area (Å²) in [6, 6.07) is 3.82. The van der Waals surface area contributed by atoms with Crippen molar-refractivity contribution in [3.05, 3.63) is 23.9 Å². The van der Waals surface area contributed by atoms with Crippen molar-refractivity contribution in [3.63, 3.8) is 0 Å². The maximum atomic E-state index is 9.11. The van der Waals surface area contributed by atoms with Gasteiger partial charge in [0, 0.05) is 33.0 Å². The first-order chi connectivity index (χ1) is 8.33. The minimum atomic E-state index is 0.0790. The molecule has 0 unspecified atom stereocenters. The third kappa shape index (κ3) is 3.17. The van der Waals surface area contributed by atoms with Crippen molar-refractivity contribution in [2.75, 3.05) is 31.7 Å². The molecular weight excluding hydrogens is 216 g/mol.